The summed E-state index contributed by atoms with van der Waals surface area (Å²) >= 11 is 0. The fourth-order valence-electron chi connectivity index (χ4n) is 2.30. The van der Waals surface area contributed by atoms with Crippen molar-refractivity contribution in [3.8, 4) is 0 Å². The van der Waals surface area contributed by atoms with Crippen LogP contribution >= 0.6 is 0 Å². The van der Waals surface area contributed by atoms with E-state index in [0.717, 1.165) is 0 Å². The quantitative estimate of drug-likeness (QED) is 0.638. The molecular formula is C14H15F3N2O3. The van der Waals surface area contributed by atoms with E-state index >= 15 is 0 Å². The standard InChI is InChI=1S/C14H15F3N2O3/c1-7(20)8-2-3-19(6-8)14(22)13(21)18-12-5-10(16)9(15)4-11(12)17/h4-5,7-8,20H,2-3,6H2,1H3,(H,18,21). The van der Waals surface area contributed by atoms with Gasteiger partial charge in [-0.1, -0.05) is 0 Å². The van der Waals surface area contributed by atoms with Gasteiger partial charge in [0.1, 0.15) is 5.82 Å². The maximum absolute atomic E-state index is 13.4. The van der Waals surface area contributed by atoms with Gasteiger partial charge in [-0.2, -0.15) is 0 Å². The highest BCUT2D eigenvalue weighted by Crippen LogP contribution is 2.21. The molecule has 2 atom stereocenters. The molecule has 1 aliphatic rings. The number of amides is 2. The van der Waals surface area contributed by atoms with Gasteiger partial charge in [0.15, 0.2) is 11.6 Å². The third kappa shape index (κ3) is 3.38. The number of carbonyl (C=O) groups excluding carboxylic acids is 2. The van der Waals surface area contributed by atoms with Crippen molar-refractivity contribution in [2.45, 2.75) is 19.4 Å². The highest BCUT2D eigenvalue weighted by Gasteiger charge is 2.32. The SMILES string of the molecule is CC(O)C1CCN(C(=O)C(=O)Nc2cc(F)c(F)cc2F)C1. The number of rotatable bonds is 2. The second-order valence-corrected chi connectivity index (χ2v) is 5.24. The van der Waals surface area contributed by atoms with Crippen molar-refractivity contribution in [2.24, 2.45) is 5.92 Å². The molecule has 1 aromatic carbocycles. The first kappa shape index (κ1) is 16.3. The summed E-state index contributed by atoms with van der Waals surface area (Å²) in [6.07, 6.45) is -0.0551. The van der Waals surface area contributed by atoms with Gasteiger partial charge in [0.05, 0.1) is 11.8 Å². The lowest BCUT2D eigenvalue weighted by Crippen LogP contribution is -2.39. The van der Waals surface area contributed by atoms with Crippen LogP contribution in [0.4, 0.5) is 18.9 Å². The molecule has 0 bridgehead atoms. The Morgan fingerprint density at radius 2 is 1.91 bits per heavy atom. The summed E-state index contributed by atoms with van der Waals surface area (Å²) in [5, 5.41) is 11.4. The number of halogens is 3. The second-order valence-electron chi connectivity index (χ2n) is 5.24. The summed E-state index contributed by atoms with van der Waals surface area (Å²) in [4.78, 5) is 24.9. The molecule has 2 rings (SSSR count). The molecule has 22 heavy (non-hydrogen) atoms. The molecule has 1 aromatic rings. The number of aliphatic hydroxyl groups is 1. The minimum Gasteiger partial charge on any atom is -0.393 e. The van der Waals surface area contributed by atoms with Gasteiger partial charge in [-0.05, 0) is 13.3 Å². The fraction of sp³-hybridized carbons (Fsp3) is 0.429. The molecule has 0 spiro atoms. The average Bonchev–Trinajstić information content (AvgIpc) is 2.93. The number of likely N-dealkylation sites (tertiary alicyclic amines) is 1. The first-order valence-electron chi connectivity index (χ1n) is 6.72. The van der Waals surface area contributed by atoms with Crippen molar-refractivity contribution < 1.29 is 27.9 Å². The summed E-state index contributed by atoms with van der Waals surface area (Å²) in [6, 6.07) is 0.757. The van der Waals surface area contributed by atoms with E-state index in [1.807, 2.05) is 5.32 Å². The number of carbonyl (C=O) groups is 2. The number of aliphatic hydroxyl groups excluding tert-OH is 1. The highest BCUT2D eigenvalue weighted by molar-refractivity contribution is 6.39. The average molecular weight is 316 g/mol. The number of nitrogens with zero attached hydrogens (tertiary/aromatic N) is 1. The number of hydrogen-bond donors (Lipinski definition) is 2. The molecule has 1 aliphatic heterocycles. The normalized spacial score (nSPS) is 19.1. The smallest absolute Gasteiger partial charge is 0.313 e. The molecule has 8 heteroatoms. The van der Waals surface area contributed by atoms with Crippen molar-refractivity contribution >= 4 is 17.5 Å². The fourth-order valence-corrected chi connectivity index (χ4v) is 2.30. The van der Waals surface area contributed by atoms with Gasteiger partial charge < -0.3 is 15.3 Å². The predicted molar refractivity (Wildman–Crippen MR) is 71.3 cm³/mol. The summed E-state index contributed by atoms with van der Waals surface area (Å²) < 4.78 is 39.2. The van der Waals surface area contributed by atoms with Gasteiger partial charge in [-0.3, -0.25) is 9.59 Å². The van der Waals surface area contributed by atoms with E-state index in [9.17, 15) is 27.9 Å². The summed E-state index contributed by atoms with van der Waals surface area (Å²) in [5.41, 5.74) is -0.608. The van der Waals surface area contributed by atoms with Gasteiger partial charge in [0.25, 0.3) is 0 Å². The molecule has 0 aliphatic carbocycles. The van der Waals surface area contributed by atoms with Crippen molar-refractivity contribution in [1.29, 1.82) is 0 Å². The van der Waals surface area contributed by atoms with Gasteiger partial charge in [0, 0.05) is 31.1 Å². The van der Waals surface area contributed by atoms with Crippen LogP contribution in [-0.4, -0.2) is 41.0 Å². The monoisotopic (exact) mass is 316 g/mol. The third-order valence-corrected chi connectivity index (χ3v) is 3.65. The molecule has 0 saturated carbocycles. The Hall–Kier alpha value is -2.09. The summed E-state index contributed by atoms with van der Waals surface area (Å²) in [7, 11) is 0. The van der Waals surface area contributed by atoms with Crippen molar-refractivity contribution in [2.75, 3.05) is 18.4 Å². The van der Waals surface area contributed by atoms with Crippen LogP contribution < -0.4 is 5.32 Å². The van der Waals surface area contributed by atoms with E-state index in [1.54, 1.807) is 6.92 Å². The van der Waals surface area contributed by atoms with E-state index in [2.05, 4.69) is 0 Å². The minimum absolute atomic E-state index is 0.128. The van der Waals surface area contributed by atoms with Crippen molar-refractivity contribution in [3.05, 3.63) is 29.6 Å². The zero-order chi connectivity index (χ0) is 16.4. The molecule has 0 radical (unpaired) electrons. The van der Waals surface area contributed by atoms with Crippen LogP contribution in [0.2, 0.25) is 0 Å². The Balaban J connectivity index is 2.04. The lowest BCUT2D eigenvalue weighted by molar-refractivity contribution is -0.142. The van der Waals surface area contributed by atoms with Crippen molar-refractivity contribution in [1.82, 2.24) is 4.90 Å². The van der Waals surface area contributed by atoms with Crippen LogP contribution in [-0.2, 0) is 9.59 Å². The zero-order valence-corrected chi connectivity index (χ0v) is 11.8. The van der Waals surface area contributed by atoms with Crippen LogP contribution in [0.3, 0.4) is 0 Å². The lowest BCUT2D eigenvalue weighted by Gasteiger charge is -2.17. The Kier molecular flexibility index (Phi) is 4.70. The molecule has 1 fully saturated rings. The molecular weight excluding hydrogens is 301 g/mol. The molecule has 1 saturated heterocycles. The van der Waals surface area contributed by atoms with Gasteiger partial charge in [-0.25, -0.2) is 13.2 Å². The van der Waals surface area contributed by atoms with E-state index in [0.29, 0.717) is 19.0 Å². The second kappa shape index (κ2) is 6.35. The van der Waals surface area contributed by atoms with Crippen LogP contribution in [0.25, 0.3) is 0 Å². The van der Waals surface area contributed by atoms with Gasteiger partial charge in [0.2, 0.25) is 0 Å². The molecule has 1 heterocycles. The Bertz CT molecular complexity index is 607. The molecule has 0 aromatic heterocycles. The zero-order valence-electron chi connectivity index (χ0n) is 11.8. The molecule has 2 amide bonds. The first-order valence-corrected chi connectivity index (χ1v) is 6.72. The van der Waals surface area contributed by atoms with Gasteiger partial charge in [-0.15, -0.1) is 0 Å². The van der Waals surface area contributed by atoms with Gasteiger partial charge >= 0.3 is 11.8 Å². The Morgan fingerprint density at radius 3 is 2.50 bits per heavy atom. The molecule has 5 nitrogen and oxygen atoms in total. The Morgan fingerprint density at radius 1 is 1.27 bits per heavy atom. The van der Waals surface area contributed by atoms with E-state index in [1.165, 1.54) is 4.90 Å². The molecule has 2 N–H and O–H groups in total. The minimum atomic E-state index is -1.39. The van der Waals surface area contributed by atoms with E-state index in [-0.39, 0.29) is 18.5 Å². The van der Waals surface area contributed by atoms with Crippen LogP contribution in [0.15, 0.2) is 12.1 Å². The lowest BCUT2D eigenvalue weighted by atomic mass is 10.0. The molecule has 120 valence electrons. The summed E-state index contributed by atoms with van der Waals surface area (Å²) in [6.45, 7) is 2.10. The first-order chi connectivity index (χ1) is 10.3. The van der Waals surface area contributed by atoms with E-state index < -0.39 is 41.1 Å². The Labute approximate surface area is 124 Å². The number of hydrogen-bond acceptors (Lipinski definition) is 3. The highest BCUT2D eigenvalue weighted by atomic mass is 19.2. The maximum Gasteiger partial charge on any atom is 0.313 e. The van der Waals surface area contributed by atoms with Crippen LogP contribution in [0.1, 0.15) is 13.3 Å². The largest absolute Gasteiger partial charge is 0.393 e. The van der Waals surface area contributed by atoms with Crippen molar-refractivity contribution in [3.63, 3.8) is 0 Å². The van der Waals surface area contributed by atoms with E-state index in [4.69, 9.17) is 0 Å². The van der Waals surface area contributed by atoms with Crippen LogP contribution in [0, 0.1) is 23.4 Å². The predicted octanol–water partition coefficient (Wildman–Crippen LogP) is 1.27. The summed E-state index contributed by atoms with van der Waals surface area (Å²) in [5.74, 6) is -6.08. The third-order valence-electron chi connectivity index (χ3n) is 3.65. The van der Waals surface area contributed by atoms with Crippen LogP contribution in [0.5, 0.6) is 0 Å². The topological polar surface area (TPSA) is 69.6 Å². The number of anilines is 1. The maximum atomic E-state index is 13.4. The number of benzene rings is 1. The number of nitrogens with one attached hydrogen (secondary N) is 1. The molecule has 2 unspecified atom stereocenters.